The summed E-state index contributed by atoms with van der Waals surface area (Å²) in [4.78, 5) is 7.15. The molecule has 106 valence electrons. The Morgan fingerprint density at radius 2 is 2.32 bits per heavy atom. The van der Waals surface area contributed by atoms with Crippen LogP contribution in [-0.2, 0) is 0 Å². The number of likely N-dealkylation sites (tertiary alicyclic amines) is 1. The highest BCUT2D eigenvalue weighted by molar-refractivity contribution is 5.46. The van der Waals surface area contributed by atoms with Crippen LogP contribution in [0.25, 0.3) is 0 Å². The first-order chi connectivity index (χ1) is 9.24. The Labute approximate surface area is 117 Å². The zero-order valence-electron chi connectivity index (χ0n) is 12.5. The second-order valence-electron chi connectivity index (χ2n) is 5.71. The van der Waals surface area contributed by atoms with Gasteiger partial charge in [-0.25, -0.2) is 4.98 Å². The average Bonchev–Trinajstić information content (AvgIpc) is 2.89. The third-order valence-corrected chi connectivity index (χ3v) is 3.98. The zero-order chi connectivity index (χ0) is 13.7. The second-order valence-corrected chi connectivity index (χ2v) is 5.71. The summed E-state index contributed by atoms with van der Waals surface area (Å²) in [6.45, 7) is 9.04. The summed E-state index contributed by atoms with van der Waals surface area (Å²) in [6, 6.07) is 5.46. The molecular formula is C16H27N3. The molecule has 0 amide bonds. The van der Waals surface area contributed by atoms with Crippen LogP contribution in [0, 0.1) is 0 Å². The van der Waals surface area contributed by atoms with Gasteiger partial charge in [0, 0.05) is 30.4 Å². The highest BCUT2D eigenvalue weighted by Crippen LogP contribution is 2.36. The topological polar surface area (TPSA) is 28.2 Å². The van der Waals surface area contributed by atoms with Gasteiger partial charge in [-0.3, -0.25) is 4.90 Å². The normalized spacial score (nSPS) is 20.1. The molecule has 0 radical (unpaired) electrons. The van der Waals surface area contributed by atoms with Gasteiger partial charge in [0.2, 0.25) is 0 Å². The lowest BCUT2D eigenvalue weighted by Gasteiger charge is -2.29. The van der Waals surface area contributed by atoms with E-state index in [9.17, 15) is 0 Å². The molecule has 1 saturated heterocycles. The molecule has 0 spiro atoms. The van der Waals surface area contributed by atoms with Crippen LogP contribution in [0.15, 0.2) is 18.3 Å². The molecule has 0 bridgehead atoms. The molecule has 0 aromatic carbocycles. The molecule has 2 heterocycles. The lowest BCUT2D eigenvalue weighted by atomic mass is 10.0. The van der Waals surface area contributed by atoms with Gasteiger partial charge < -0.3 is 5.32 Å². The summed E-state index contributed by atoms with van der Waals surface area (Å²) in [7, 11) is 0. The van der Waals surface area contributed by atoms with Gasteiger partial charge in [-0.15, -0.1) is 0 Å². The first-order valence-electron chi connectivity index (χ1n) is 7.68. The van der Waals surface area contributed by atoms with Crippen molar-refractivity contribution in [3.05, 3.63) is 23.9 Å². The Kier molecular flexibility index (Phi) is 5.20. The smallest absolute Gasteiger partial charge is 0.130 e. The summed E-state index contributed by atoms with van der Waals surface area (Å²) in [5.74, 6) is 1.09. The fraction of sp³-hybridized carbons (Fsp3) is 0.688. The zero-order valence-corrected chi connectivity index (χ0v) is 12.5. The molecule has 2 rings (SSSR count). The van der Waals surface area contributed by atoms with Crippen LogP contribution in [0.5, 0.6) is 0 Å². The fourth-order valence-corrected chi connectivity index (χ4v) is 2.96. The van der Waals surface area contributed by atoms with E-state index in [-0.39, 0.29) is 0 Å². The van der Waals surface area contributed by atoms with Crippen molar-refractivity contribution in [2.45, 2.75) is 58.5 Å². The maximum atomic E-state index is 4.55. The first-order valence-corrected chi connectivity index (χ1v) is 7.68. The van der Waals surface area contributed by atoms with E-state index >= 15 is 0 Å². The van der Waals surface area contributed by atoms with Gasteiger partial charge >= 0.3 is 0 Å². The molecule has 1 aliphatic heterocycles. The maximum absolute atomic E-state index is 4.55. The van der Waals surface area contributed by atoms with Crippen molar-refractivity contribution in [3.63, 3.8) is 0 Å². The van der Waals surface area contributed by atoms with E-state index in [1.54, 1.807) is 0 Å². The standard InChI is InChI=1S/C16H27N3/c1-4-5-10-17-16-14(8-6-11-18-16)15-9-7-12-19(15)13(2)3/h6,8,11,13,15H,4-5,7,9-10,12H2,1-3H3,(H,17,18)/t15-/m0/s1. The van der Waals surface area contributed by atoms with E-state index in [0.29, 0.717) is 12.1 Å². The van der Waals surface area contributed by atoms with Crippen molar-refractivity contribution in [3.8, 4) is 0 Å². The van der Waals surface area contributed by atoms with Crippen LogP contribution >= 0.6 is 0 Å². The first kappa shape index (κ1) is 14.3. The highest BCUT2D eigenvalue weighted by Gasteiger charge is 2.29. The van der Waals surface area contributed by atoms with E-state index in [1.165, 1.54) is 37.8 Å². The lowest BCUT2D eigenvalue weighted by Crippen LogP contribution is -2.30. The number of hydrogen-bond donors (Lipinski definition) is 1. The SMILES string of the molecule is CCCCNc1ncccc1[C@@H]1CCCN1C(C)C. The predicted octanol–water partition coefficient (Wildman–Crippen LogP) is 3.84. The Bertz CT molecular complexity index is 389. The number of unbranched alkanes of at least 4 members (excludes halogenated alkanes) is 1. The predicted molar refractivity (Wildman–Crippen MR) is 81.5 cm³/mol. The van der Waals surface area contributed by atoms with Gasteiger partial charge in [-0.05, 0) is 45.7 Å². The van der Waals surface area contributed by atoms with Crippen LogP contribution in [-0.4, -0.2) is 29.0 Å². The molecule has 3 nitrogen and oxygen atoms in total. The van der Waals surface area contributed by atoms with Gasteiger partial charge in [0.25, 0.3) is 0 Å². The number of aromatic nitrogens is 1. The third kappa shape index (κ3) is 3.47. The quantitative estimate of drug-likeness (QED) is 0.789. The summed E-state index contributed by atoms with van der Waals surface area (Å²) in [6.07, 6.45) is 6.87. The molecule has 1 aliphatic rings. The van der Waals surface area contributed by atoms with Crippen LogP contribution in [0.1, 0.15) is 58.1 Å². The number of nitrogens with one attached hydrogen (secondary N) is 1. The average molecular weight is 261 g/mol. The largest absolute Gasteiger partial charge is 0.370 e. The summed E-state index contributed by atoms with van der Waals surface area (Å²) >= 11 is 0. The third-order valence-electron chi connectivity index (χ3n) is 3.98. The molecule has 1 atom stereocenters. The monoisotopic (exact) mass is 261 g/mol. The van der Waals surface area contributed by atoms with E-state index < -0.39 is 0 Å². The molecule has 19 heavy (non-hydrogen) atoms. The van der Waals surface area contributed by atoms with E-state index in [4.69, 9.17) is 0 Å². The minimum Gasteiger partial charge on any atom is -0.370 e. The van der Waals surface area contributed by atoms with Gasteiger partial charge in [0.05, 0.1) is 0 Å². The van der Waals surface area contributed by atoms with E-state index in [1.807, 2.05) is 6.20 Å². The van der Waals surface area contributed by atoms with Crippen molar-refractivity contribution >= 4 is 5.82 Å². The van der Waals surface area contributed by atoms with Crippen LogP contribution in [0.4, 0.5) is 5.82 Å². The van der Waals surface area contributed by atoms with Crippen LogP contribution in [0.3, 0.4) is 0 Å². The molecule has 0 unspecified atom stereocenters. The minimum atomic E-state index is 0.540. The van der Waals surface area contributed by atoms with Gasteiger partial charge in [0.15, 0.2) is 0 Å². The Hall–Kier alpha value is -1.09. The van der Waals surface area contributed by atoms with E-state index in [0.717, 1.165) is 12.4 Å². The Morgan fingerprint density at radius 3 is 3.05 bits per heavy atom. The number of anilines is 1. The highest BCUT2D eigenvalue weighted by atomic mass is 15.2. The molecule has 3 heteroatoms. The van der Waals surface area contributed by atoms with E-state index in [2.05, 4.69) is 48.1 Å². The maximum Gasteiger partial charge on any atom is 0.130 e. The van der Waals surface area contributed by atoms with Gasteiger partial charge in [-0.1, -0.05) is 19.4 Å². The second kappa shape index (κ2) is 6.90. The molecule has 0 saturated carbocycles. The fourth-order valence-electron chi connectivity index (χ4n) is 2.96. The van der Waals surface area contributed by atoms with Gasteiger partial charge in [-0.2, -0.15) is 0 Å². The van der Waals surface area contributed by atoms with Crippen LogP contribution < -0.4 is 5.32 Å². The molecular weight excluding hydrogens is 234 g/mol. The molecule has 1 N–H and O–H groups in total. The molecule has 1 aromatic rings. The molecule has 1 fully saturated rings. The van der Waals surface area contributed by atoms with Crippen molar-refractivity contribution in [2.75, 3.05) is 18.4 Å². The Morgan fingerprint density at radius 1 is 1.47 bits per heavy atom. The van der Waals surface area contributed by atoms with Crippen molar-refractivity contribution < 1.29 is 0 Å². The minimum absolute atomic E-state index is 0.540. The van der Waals surface area contributed by atoms with Crippen molar-refractivity contribution in [2.24, 2.45) is 0 Å². The number of hydrogen-bond acceptors (Lipinski definition) is 3. The number of pyridine rings is 1. The Balaban J connectivity index is 2.14. The summed E-state index contributed by atoms with van der Waals surface area (Å²) in [5.41, 5.74) is 1.38. The van der Waals surface area contributed by atoms with Crippen molar-refractivity contribution in [1.82, 2.24) is 9.88 Å². The lowest BCUT2D eigenvalue weighted by molar-refractivity contribution is 0.206. The van der Waals surface area contributed by atoms with Gasteiger partial charge in [0.1, 0.15) is 5.82 Å². The van der Waals surface area contributed by atoms with Crippen molar-refractivity contribution in [1.29, 1.82) is 0 Å². The number of nitrogens with zero attached hydrogens (tertiary/aromatic N) is 2. The summed E-state index contributed by atoms with van der Waals surface area (Å²) < 4.78 is 0. The molecule has 0 aliphatic carbocycles. The summed E-state index contributed by atoms with van der Waals surface area (Å²) in [5, 5.41) is 3.51. The molecule has 1 aromatic heterocycles. The van der Waals surface area contributed by atoms with Crippen LogP contribution in [0.2, 0.25) is 0 Å². The number of rotatable bonds is 6.